The minimum absolute atomic E-state index is 0.0872. The molecule has 2 heterocycles. The number of quaternary nitrogens is 1. The molecular weight excluding hydrogens is 314 g/mol. The molecule has 142 valence electrons. The van der Waals surface area contributed by atoms with Crippen molar-refractivity contribution in [3.8, 4) is 0 Å². The number of amides is 2. The lowest BCUT2D eigenvalue weighted by molar-refractivity contribution is -0.912. The molecule has 2 saturated heterocycles. The van der Waals surface area contributed by atoms with Crippen LogP contribution in [0.25, 0.3) is 0 Å². The SMILES string of the molecule is CC1CC(C)C[NH+](CCCNC(=O)C2CC(=O)N(C3CCCC3)C2)C1. The Morgan fingerprint density at radius 3 is 2.56 bits per heavy atom. The molecule has 2 aliphatic heterocycles. The van der Waals surface area contributed by atoms with Crippen LogP contribution in [-0.4, -0.2) is 55.5 Å². The van der Waals surface area contributed by atoms with Gasteiger partial charge in [0.1, 0.15) is 0 Å². The Morgan fingerprint density at radius 1 is 1.20 bits per heavy atom. The molecular formula is C20H36N3O2+. The summed E-state index contributed by atoms with van der Waals surface area (Å²) in [7, 11) is 0. The van der Waals surface area contributed by atoms with Crippen molar-refractivity contribution in [1.82, 2.24) is 10.2 Å². The first kappa shape index (κ1) is 18.7. The third-order valence-electron chi connectivity index (χ3n) is 6.38. The summed E-state index contributed by atoms with van der Waals surface area (Å²) in [4.78, 5) is 28.3. The van der Waals surface area contributed by atoms with E-state index in [-0.39, 0.29) is 17.7 Å². The Hall–Kier alpha value is -1.10. The molecule has 5 heteroatoms. The second-order valence-corrected chi connectivity index (χ2v) is 8.88. The van der Waals surface area contributed by atoms with Crippen molar-refractivity contribution in [1.29, 1.82) is 0 Å². The molecule has 1 aliphatic carbocycles. The van der Waals surface area contributed by atoms with Gasteiger partial charge in [-0.2, -0.15) is 0 Å². The first-order valence-corrected chi connectivity index (χ1v) is 10.4. The summed E-state index contributed by atoms with van der Waals surface area (Å²) in [5.74, 6) is 1.78. The number of piperidine rings is 1. The molecule has 3 rings (SSSR count). The fourth-order valence-electron chi connectivity index (χ4n) is 5.30. The largest absolute Gasteiger partial charge is 0.356 e. The van der Waals surface area contributed by atoms with Gasteiger partial charge in [-0.3, -0.25) is 9.59 Å². The number of hydrogen-bond donors (Lipinski definition) is 2. The van der Waals surface area contributed by atoms with Crippen LogP contribution < -0.4 is 10.2 Å². The van der Waals surface area contributed by atoms with E-state index in [0.29, 0.717) is 19.0 Å². The zero-order chi connectivity index (χ0) is 17.8. The average Bonchev–Trinajstić information content (AvgIpc) is 3.19. The van der Waals surface area contributed by atoms with Crippen LogP contribution in [0.15, 0.2) is 0 Å². The van der Waals surface area contributed by atoms with Crippen molar-refractivity contribution in [2.75, 3.05) is 32.7 Å². The second-order valence-electron chi connectivity index (χ2n) is 8.88. The van der Waals surface area contributed by atoms with Crippen molar-refractivity contribution in [3.63, 3.8) is 0 Å². The standard InChI is InChI=1S/C20H35N3O2/c1-15-10-16(2)13-22(12-15)9-5-8-21-20(25)17-11-19(24)23(14-17)18-6-3-4-7-18/h15-18H,3-14H2,1-2H3,(H,21,25)/p+1. The van der Waals surface area contributed by atoms with E-state index in [1.165, 1.54) is 32.4 Å². The monoisotopic (exact) mass is 350 g/mol. The topological polar surface area (TPSA) is 53.9 Å². The van der Waals surface area contributed by atoms with Gasteiger partial charge >= 0.3 is 0 Å². The van der Waals surface area contributed by atoms with Crippen molar-refractivity contribution < 1.29 is 14.5 Å². The third-order valence-corrected chi connectivity index (χ3v) is 6.38. The minimum Gasteiger partial charge on any atom is -0.356 e. The van der Waals surface area contributed by atoms with Gasteiger partial charge in [0.05, 0.1) is 25.6 Å². The van der Waals surface area contributed by atoms with Gasteiger partial charge in [-0.05, 0) is 19.3 Å². The van der Waals surface area contributed by atoms with Crippen LogP contribution in [0.3, 0.4) is 0 Å². The fraction of sp³-hybridized carbons (Fsp3) is 0.900. The van der Waals surface area contributed by atoms with Crippen molar-refractivity contribution in [3.05, 3.63) is 0 Å². The highest BCUT2D eigenvalue weighted by Gasteiger charge is 2.38. The zero-order valence-electron chi connectivity index (χ0n) is 16.1. The van der Waals surface area contributed by atoms with Crippen LogP contribution in [0.4, 0.5) is 0 Å². The number of nitrogens with zero attached hydrogens (tertiary/aromatic N) is 1. The van der Waals surface area contributed by atoms with Crippen molar-refractivity contribution in [2.24, 2.45) is 17.8 Å². The van der Waals surface area contributed by atoms with Crippen LogP contribution in [0.5, 0.6) is 0 Å². The molecule has 0 spiro atoms. The molecule has 0 aromatic carbocycles. The molecule has 0 aromatic rings. The highest BCUT2D eigenvalue weighted by Crippen LogP contribution is 2.29. The molecule has 0 radical (unpaired) electrons. The Balaban J connectivity index is 1.35. The summed E-state index contributed by atoms with van der Waals surface area (Å²) >= 11 is 0. The molecule has 2 amide bonds. The van der Waals surface area contributed by atoms with Gasteiger partial charge in [-0.1, -0.05) is 26.7 Å². The average molecular weight is 351 g/mol. The molecule has 5 nitrogen and oxygen atoms in total. The molecule has 3 fully saturated rings. The number of hydrogen-bond acceptors (Lipinski definition) is 2. The highest BCUT2D eigenvalue weighted by molar-refractivity contribution is 5.89. The molecule has 0 bridgehead atoms. The van der Waals surface area contributed by atoms with Gasteiger partial charge in [-0.15, -0.1) is 0 Å². The lowest BCUT2D eigenvalue weighted by atomic mass is 9.92. The van der Waals surface area contributed by atoms with E-state index in [9.17, 15) is 9.59 Å². The molecule has 25 heavy (non-hydrogen) atoms. The van der Waals surface area contributed by atoms with Crippen molar-refractivity contribution >= 4 is 11.8 Å². The highest BCUT2D eigenvalue weighted by atomic mass is 16.2. The number of nitrogens with one attached hydrogen (secondary N) is 2. The van der Waals surface area contributed by atoms with Gasteiger partial charge < -0.3 is 15.1 Å². The van der Waals surface area contributed by atoms with Crippen LogP contribution in [0, 0.1) is 17.8 Å². The molecule has 3 unspecified atom stereocenters. The van der Waals surface area contributed by atoms with E-state index >= 15 is 0 Å². The predicted octanol–water partition coefficient (Wildman–Crippen LogP) is 0.845. The van der Waals surface area contributed by atoms with Crippen molar-refractivity contribution in [2.45, 2.75) is 64.8 Å². The minimum atomic E-state index is -0.129. The van der Waals surface area contributed by atoms with Crippen LogP contribution in [-0.2, 0) is 9.59 Å². The van der Waals surface area contributed by atoms with E-state index in [0.717, 1.165) is 44.2 Å². The normalized spacial score (nSPS) is 33.8. The van der Waals surface area contributed by atoms with E-state index in [2.05, 4.69) is 19.2 Å². The van der Waals surface area contributed by atoms with E-state index in [1.807, 2.05) is 4.90 Å². The van der Waals surface area contributed by atoms with Crippen LogP contribution >= 0.6 is 0 Å². The Kier molecular flexibility index (Phi) is 6.37. The summed E-state index contributed by atoms with van der Waals surface area (Å²) in [6, 6.07) is 0.400. The third kappa shape index (κ3) is 4.96. The van der Waals surface area contributed by atoms with E-state index in [4.69, 9.17) is 0 Å². The van der Waals surface area contributed by atoms with Gasteiger partial charge in [-0.25, -0.2) is 0 Å². The first-order chi connectivity index (χ1) is 12.0. The smallest absolute Gasteiger partial charge is 0.225 e. The molecule has 0 aromatic heterocycles. The quantitative estimate of drug-likeness (QED) is 0.698. The molecule has 1 saturated carbocycles. The fourth-order valence-corrected chi connectivity index (χ4v) is 5.30. The summed E-state index contributed by atoms with van der Waals surface area (Å²) in [6.45, 7) is 9.78. The summed E-state index contributed by atoms with van der Waals surface area (Å²) in [5.41, 5.74) is 0. The predicted molar refractivity (Wildman–Crippen MR) is 98.2 cm³/mol. The van der Waals surface area contributed by atoms with Gasteiger partial charge in [0, 0.05) is 43.8 Å². The van der Waals surface area contributed by atoms with Gasteiger partial charge in [0.25, 0.3) is 0 Å². The van der Waals surface area contributed by atoms with Crippen LogP contribution in [0.1, 0.15) is 58.8 Å². The molecule has 3 atom stereocenters. The maximum absolute atomic E-state index is 12.4. The number of likely N-dealkylation sites (tertiary alicyclic amines) is 2. The van der Waals surface area contributed by atoms with E-state index in [1.54, 1.807) is 4.90 Å². The molecule has 2 N–H and O–H groups in total. The van der Waals surface area contributed by atoms with E-state index < -0.39 is 0 Å². The Bertz CT molecular complexity index is 466. The number of carbonyl (C=O) groups excluding carboxylic acids is 2. The van der Waals surface area contributed by atoms with Crippen LogP contribution in [0.2, 0.25) is 0 Å². The Morgan fingerprint density at radius 2 is 1.88 bits per heavy atom. The zero-order valence-corrected chi connectivity index (χ0v) is 16.1. The van der Waals surface area contributed by atoms with Gasteiger partial charge in [0.15, 0.2) is 0 Å². The lowest BCUT2D eigenvalue weighted by Gasteiger charge is -2.32. The maximum atomic E-state index is 12.4. The second kappa shape index (κ2) is 8.52. The summed E-state index contributed by atoms with van der Waals surface area (Å²) < 4.78 is 0. The molecule has 3 aliphatic rings. The maximum Gasteiger partial charge on any atom is 0.225 e. The summed E-state index contributed by atoms with van der Waals surface area (Å²) in [5, 5.41) is 3.09. The number of rotatable bonds is 6. The first-order valence-electron chi connectivity index (χ1n) is 10.4. The lowest BCUT2D eigenvalue weighted by Crippen LogP contribution is -3.14. The van der Waals surface area contributed by atoms with Gasteiger partial charge in [0.2, 0.25) is 11.8 Å². The summed E-state index contributed by atoms with van der Waals surface area (Å²) in [6.07, 6.45) is 7.49. The number of carbonyl (C=O) groups is 2. The Labute approximate surface area is 152 Å².